The van der Waals surface area contributed by atoms with Crippen molar-refractivity contribution in [3.63, 3.8) is 0 Å². The molecular weight excluding hydrogens is 450 g/mol. The Bertz CT molecular complexity index is 1130. The molecule has 0 aliphatic carbocycles. The van der Waals surface area contributed by atoms with Crippen LogP contribution in [0.25, 0.3) is 0 Å². The number of thiazole rings is 1. The maximum absolute atomic E-state index is 12.5. The largest absolute Gasteiger partial charge is 0.457 e. The van der Waals surface area contributed by atoms with Crippen molar-refractivity contribution in [3.05, 3.63) is 47.6 Å². The maximum Gasteiger partial charge on any atom is 0.411 e. The van der Waals surface area contributed by atoms with Gasteiger partial charge >= 0.3 is 12.1 Å². The van der Waals surface area contributed by atoms with Crippen LogP contribution < -0.4 is 25.8 Å². The molecule has 0 aliphatic rings. The molecule has 168 valence electrons. The van der Waals surface area contributed by atoms with Gasteiger partial charge in [0.1, 0.15) is 11.5 Å². The predicted octanol–water partition coefficient (Wildman–Crippen LogP) is 5.45. The molecule has 11 heteroatoms. The summed E-state index contributed by atoms with van der Waals surface area (Å²) in [6, 6.07) is 7.92. The molecule has 2 aromatic heterocycles. The lowest BCUT2D eigenvalue weighted by Crippen LogP contribution is -2.19. The highest BCUT2D eigenvalue weighted by Crippen LogP contribution is 2.33. The monoisotopic (exact) mass is 473 g/mol. The zero-order valence-corrected chi connectivity index (χ0v) is 19.6. The summed E-state index contributed by atoms with van der Waals surface area (Å²) in [6.45, 7) is 6.28. The second-order valence-corrected chi connectivity index (χ2v) is 9.45. The van der Waals surface area contributed by atoms with E-state index in [2.05, 4.69) is 41.4 Å². The van der Waals surface area contributed by atoms with E-state index in [1.165, 1.54) is 35.4 Å². The molecule has 3 amide bonds. The summed E-state index contributed by atoms with van der Waals surface area (Å²) in [7, 11) is 0. The first-order valence-electron chi connectivity index (χ1n) is 9.47. The molecule has 0 atom stereocenters. The van der Waals surface area contributed by atoms with E-state index in [0.29, 0.717) is 22.3 Å². The average molecular weight is 474 g/mol. The van der Waals surface area contributed by atoms with Gasteiger partial charge in [0.15, 0.2) is 5.13 Å². The number of aromatic nitrogens is 2. The molecule has 0 fully saturated rings. The molecule has 3 aromatic rings. The highest BCUT2D eigenvalue weighted by molar-refractivity contribution is 7.98. The number of carbonyl (C=O) groups excluding carboxylic acids is 2. The number of thioether (sulfide) groups is 1. The first kappa shape index (κ1) is 23.4. The lowest BCUT2D eigenvalue weighted by atomic mass is 9.96. The lowest BCUT2D eigenvalue weighted by Gasteiger charge is -2.14. The first-order valence-corrected chi connectivity index (χ1v) is 11.5. The Labute approximate surface area is 193 Å². The molecule has 0 spiro atoms. The number of hydrogen-bond donors (Lipinski definition) is 3. The summed E-state index contributed by atoms with van der Waals surface area (Å²) < 4.78 is 10.6. The summed E-state index contributed by atoms with van der Waals surface area (Å²) in [5, 5.41) is 6.14. The minimum absolute atomic E-state index is 0.0303. The third-order valence-electron chi connectivity index (χ3n) is 4.03. The van der Waals surface area contributed by atoms with E-state index in [-0.39, 0.29) is 17.3 Å². The number of hydrogen-bond acceptors (Lipinski definition) is 8. The number of rotatable bonds is 6. The van der Waals surface area contributed by atoms with Gasteiger partial charge < -0.3 is 20.5 Å². The molecule has 9 nitrogen and oxygen atoms in total. The third kappa shape index (κ3) is 6.34. The van der Waals surface area contributed by atoms with Gasteiger partial charge in [0.2, 0.25) is 5.88 Å². The van der Waals surface area contributed by atoms with E-state index in [9.17, 15) is 9.59 Å². The first-order chi connectivity index (χ1) is 15.1. The van der Waals surface area contributed by atoms with Crippen molar-refractivity contribution in [2.45, 2.75) is 31.1 Å². The van der Waals surface area contributed by atoms with E-state index in [1.807, 2.05) is 6.26 Å². The molecule has 1 aromatic carbocycles. The van der Waals surface area contributed by atoms with Gasteiger partial charge in [-0.1, -0.05) is 20.8 Å². The van der Waals surface area contributed by atoms with Crippen LogP contribution in [0.3, 0.4) is 0 Å². The van der Waals surface area contributed by atoms with Crippen LogP contribution in [0.5, 0.6) is 17.4 Å². The van der Waals surface area contributed by atoms with E-state index in [0.717, 1.165) is 9.77 Å². The number of amides is 3. The van der Waals surface area contributed by atoms with Gasteiger partial charge in [0, 0.05) is 28.2 Å². The number of benzene rings is 1. The summed E-state index contributed by atoms with van der Waals surface area (Å²) in [5.74, 6) is 0.985. The van der Waals surface area contributed by atoms with Gasteiger partial charge in [-0.05, 0) is 35.9 Å². The summed E-state index contributed by atoms with van der Waals surface area (Å²) in [5.41, 5.74) is 5.60. The highest BCUT2D eigenvalue weighted by Gasteiger charge is 2.18. The summed E-state index contributed by atoms with van der Waals surface area (Å²) in [6.07, 6.45) is 4.15. The zero-order chi connectivity index (χ0) is 23.3. The van der Waals surface area contributed by atoms with Crippen LogP contribution in [0, 0.1) is 0 Å². The second kappa shape index (κ2) is 9.88. The van der Waals surface area contributed by atoms with Crippen LogP contribution in [0.1, 0.15) is 25.6 Å². The summed E-state index contributed by atoms with van der Waals surface area (Å²) in [4.78, 5) is 33.4. The Morgan fingerprint density at radius 1 is 1.09 bits per heavy atom. The Balaban J connectivity index is 1.68. The van der Waals surface area contributed by atoms with Crippen molar-refractivity contribution in [1.29, 1.82) is 0 Å². The number of anilines is 2. The van der Waals surface area contributed by atoms with Crippen molar-refractivity contribution in [2.75, 3.05) is 16.9 Å². The van der Waals surface area contributed by atoms with Crippen molar-refractivity contribution in [1.82, 2.24) is 9.97 Å². The number of pyridine rings is 1. The standard InChI is InChI=1S/C21H23N5O4S2/c1-21(2,3)16-11-24-20(32-16)26-19(28)25-14-6-5-12(9-15(14)31-4)29-13-7-8-23-17(10-13)30-18(22)27/h5-11H,1-4H3,(H2,22,27)(H2,24,25,26,28). The van der Waals surface area contributed by atoms with Crippen LogP contribution in [-0.4, -0.2) is 28.3 Å². The average Bonchev–Trinajstić information content (AvgIpc) is 3.18. The Morgan fingerprint density at radius 2 is 1.84 bits per heavy atom. The Morgan fingerprint density at radius 3 is 2.50 bits per heavy atom. The number of urea groups is 1. The molecule has 4 N–H and O–H groups in total. The molecule has 3 rings (SSSR count). The SMILES string of the molecule is CSc1cc(Oc2ccnc(OC(N)=O)c2)ccc1NC(=O)Nc1ncc(C(C)(C)C)s1. The Hall–Kier alpha value is -3.31. The van der Waals surface area contributed by atoms with Crippen LogP contribution in [0.4, 0.5) is 20.4 Å². The molecule has 0 saturated carbocycles. The molecule has 0 bridgehead atoms. The fourth-order valence-corrected chi connectivity index (χ4v) is 3.96. The van der Waals surface area contributed by atoms with Gasteiger partial charge in [-0.25, -0.2) is 19.6 Å². The number of carbonyl (C=O) groups is 2. The normalized spacial score (nSPS) is 11.0. The maximum atomic E-state index is 12.5. The summed E-state index contributed by atoms with van der Waals surface area (Å²) >= 11 is 2.90. The minimum Gasteiger partial charge on any atom is -0.457 e. The van der Waals surface area contributed by atoms with Gasteiger partial charge in [-0.2, -0.15) is 0 Å². The topological polar surface area (TPSA) is 128 Å². The van der Waals surface area contributed by atoms with Crippen molar-refractivity contribution in [3.8, 4) is 17.4 Å². The quantitative estimate of drug-likeness (QED) is 0.406. The zero-order valence-electron chi connectivity index (χ0n) is 18.0. The van der Waals surface area contributed by atoms with E-state index < -0.39 is 6.09 Å². The Kier molecular flexibility index (Phi) is 7.21. The third-order valence-corrected chi connectivity index (χ3v) is 6.15. The van der Waals surface area contributed by atoms with Gasteiger partial charge in [-0.15, -0.1) is 23.1 Å². The number of nitrogens with two attached hydrogens (primary N) is 1. The number of ether oxygens (including phenoxy) is 2. The second-order valence-electron chi connectivity index (χ2n) is 7.57. The van der Waals surface area contributed by atoms with Crippen LogP contribution >= 0.6 is 23.1 Å². The van der Waals surface area contributed by atoms with Gasteiger partial charge in [0.05, 0.1) is 5.69 Å². The molecular formula is C21H23N5O4S2. The van der Waals surface area contributed by atoms with E-state index in [4.69, 9.17) is 15.2 Å². The number of nitrogens with zero attached hydrogens (tertiary/aromatic N) is 2. The highest BCUT2D eigenvalue weighted by atomic mass is 32.2. The van der Waals surface area contributed by atoms with Crippen molar-refractivity contribution >= 4 is 46.0 Å². The van der Waals surface area contributed by atoms with Crippen LogP contribution in [0.2, 0.25) is 0 Å². The van der Waals surface area contributed by atoms with Gasteiger partial charge in [0.25, 0.3) is 0 Å². The van der Waals surface area contributed by atoms with E-state index in [1.54, 1.807) is 30.5 Å². The molecule has 0 radical (unpaired) electrons. The number of nitrogens with one attached hydrogen (secondary N) is 2. The molecule has 32 heavy (non-hydrogen) atoms. The number of primary amides is 1. The van der Waals surface area contributed by atoms with E-state index >= 15 is 0 Å². The molecule has 0 unspecified atom stereocenters. The molecule has 2 heterocycles. The smallest absolute Gasteiger partial charge is 0.411 e. The van der Waals surface area contributed by atoms with Crippen LogP contribution in [-0.2, 0) is 5.41 Å². The fraction of sp³-hybridized carbons (Fsp3) is 0.238. The fourth-order valence-electron chi connectivity index (χ4n) is 2.52. The van der Waals surface area contributed by atoms with Gasteiger partial charge in [-0.3, -0.25) is 5.32 Å². The van der Waals surface area contributed by atoms with Crippen molar-refractivity contribution < 1.29 is 19.1 Å². The molecule has 0 saturated heterocycles. The van der Waals surface area contributed by atoms with Crippen molar-refractivity contribution in [2.24, 2.45) is 5.73 Å². The lowest BCUT2D eigenvalue weighted by molar-refractivity contribution is 0.209. The minimum atomic E-state index is -0.958. The van der Waals surface area contributed by atoms with Crippen LogP contribution in [0.15, 0.2) is 47.6 Å². The predicted molar refractivity (Wildman–Crippen MR) is 126 cm³/mol. The molecule has 0 aliphatic heterocycles.